The van der Waals surface area contributed by atoms with Crippen LogP contribution in [0.25, 0.3) is 0 Å². The van der Waals surface area contributed by atoms with Crippen LogP contribution in [0.5, 0.6) is 0 Å². The van der Waals surface area contributed by atoms with Gasteiger partial charge in [-0.25, -0.2) is 4.79 Å². The number of aliphatic imine (C=N–C) groups is 1. The van der Waals surface area contributed by atoms with Gasteiger partial charge in [0.2, 0.25) is 0 Å². The van der Waals surface area contributed by atoms with Gasteiger partial charge in [0.25, 0.3) is 5.84 Å². The summed E-state index contributed by atoms with van der Waals surface area (Å²) in [6.45, 7) is 1.49. The van der Waals surface area contributed by atoms with Crippen LogP contribution in [0.15, 0.2) is 16.3 Å². The number of dihydropyridines is 1. The Kier molecular flexibility index (Phi) is 3.17. The molecular weight excluding hydrogens is 248 g/mol. The lowest BCUT2D eigenvalue weighted by atomic mass is 9.96. The molecule has 2 aliphatic rings. The van der Waals surface area contributed by atoms with Crippen molar-refractivity contribution in [1.82, 2.24) is 4.90 Å². The summed E-state index contributed by atoms with van der Waals surface area (Å²) in [4.78, 5) is 29.4. The number of carbonyl (C=O) groups excluding carboxylic acids is 2. The molecule has 1 unspecified atom stereocenters. The molecule has 0 fully saturated rings. The van der Waals surface area contributed by atoms with E-state index in [0.29, 0.717) is 11.6 Å². The van der Waals surface area contributed by atoms with Crippen molar-refractivity contribution in [2.45, 2.75) is 6.92 Å². The fourth-order valence-corrected chi connectivity index (χ4v) is 2.17. The number of hydrogen-bond acceptors (Lipinski definition) is 5. The van der Waals surface area contributed by atoms with E-state index in [-0.39, 0.29) is 6.54 Å². The lowest BCUT2D eigenvalue weighted by molar-refractivity contribution is -0.408. The minimum Gasteiger partial charge on any atom is -0.499 e. The average Bonchev–Trinajstić information content (AvgIpc) is 2.40. The van der Waals surface area contributed by atoms with Crippen molar-refractivity contribution in [3.05, 3.63) is 11.3 Å². The van der Waals surface area contributed by atoms with Crippen LogP contribution < -0.4 is 0 Å². The summed E-state index contributed by atoms with van der Waals surface area (Å²) in [6, 6.07) is 1.26. The molecule has 0 aromatic carbocycles. The van der Waals surface area contributed by atoms with E-state index >= 15 is 0 Å². The molecule has 0 bridgehead atoms. The number of allylic oxidation sites excluding steroid dienone is 1. The van der Waals surface area contributed by atoms with Crippen molar-refractivity contribution < 1.29 is 18.9 Å². The third-order valence-electron chi connectivity index (χ3n) is 3.12. The van der Waals surface area contributed by atoms with Gasteiger partial charge in [0.05, 0.1) is 14.2 Å². The van der Waals surface area contributed by atoms with Gasteiger partial charge >= 0.3 is 11.9 Å². The number of methoxy groups -OCH3 is 1. The summed E-state index contributed by atoms with van der Waals surface area (Å²) in [5.74, 6) is -0.456. The Labute approximate surface area is 110 Å². The SMILES string of the molecule is COC1=C(C)C=NC2=[N+](C)C(=O)N(CC#N)C(=O)C12. The molecule has 0 aliphatic carbocycles. The average molecular weight is 261 g/mol. The van der Waals surface area contributed by atoms with Crippen LogP contribution in [0.4, 0.5) is 4.79 Å². The summed E-state index contributed by atoms with van der Waals surface area (Å²) in [5.41, 5.74) is 0.726. The maximum absolute atomic E-state index is 12.3. The lowest BCUT2D eigenvalue weighted by Crippen LogP contribution is -2.54. The summed E-state index contributed by atoms with van der Waals surface area (Å²) in [7, 11) is 2.99. The van der Waals surface area contributed by atoms with Crippen molar-refractivity contribution in [2.75, 3.05) is 20.7 Å². The van der Waals surface area contributed by atoms with Crippen LogP contribution >= 0.6 is 0 Å². The molecule has 0 spiro atoms. The molecule has 98 valence electrons. The molecule has 0 aromatic heterocycles. The molecule has 3 amide bonds. The number of imide groups is 1. The topological polar surface area (TPSA) is 85.8 Å². The Balaban J connectivity index is 2.59. The van der Waals surface area contributed by atoms with Crippen LogP contribution in [0.3, 0.4) is 0 Å². The third-order valence-corrected chi connectivity index (χ3v) is 3.12. The molecule has 7 heteroatoms. The monoisotopic (exact) mass is 261 g/mol. The molecule has 1 atom stereocenters. The van der Waals surface area contributed by atoms with Crippen LogP contribution in [0.2, 0.25) is 0 Å². The molecule has 0 saturated carbocycles. The van der Waals surface area contributed by atoms with E-state index in [0.717, 1.165) is 10.5 Å². The van der Waals surface area contributed by atoms with Gasteiger partial charge in [0.15, 0.2) is 12.5 Å². The minimum absolute atomic E-state index is 0.286. The van der Waals surface area contributed by atoms with Gasteiger partial charge in [0.1, 0.15) is 18.0 Å². The van der Waals surface area contributed by atoms with E-state index < -0.39 is 17.9 Å². The fourth-order valence-electron chi connectivity index (χ4n) is 2.17. The Bertz CT molecular complexity index is 595. The quantitative estimate of drug-likeness (QED) is 0.522. The number of ether oxygens (including phenoxy) is 1. The number of urea groups is 1. The van der Waals surface area contributed by atoms with Crippen LogP contribution in [0, 0.1) is 17.2 Å². The van der Waals surface area contributed by atoms with Crippen LogP contribution in [-0.2, 0) is 9.53 Å². The summed E-state index contributed by atoms with van der Waals surface area (Å²) in [6.07, 6.45) is 1.56. The van der Waals surface area contributed by atoms with E-state index in [1.807, 2.05) is 6.07 Å². The Morgan fingerprint density at radius 2 is 2.26 bits per heavy atom. The standard InChI is InChI=1S/C12H13N4O3/c1-7-6-14-10-8(9(7)19-3)11(17)16(5-4-13)12(18)15(10)2/h6,8H,5H2,1-3H3/q+1. The number of nitrogens with zero attached hydrogens (tertiary/aromatic N) is 4. The Morgan fingerprint density at radius 1 is 1.58 bits per heavy atom. The second-order valence-corrected chi connectivity index (χ2v) is 4.22. The first-order chi connectivity index (χ1) is 9.02. The first-order valence-electron chi connectivity index (χ1n) is 5.64. The van der Waals surface area contributed by atoms with Crippen molar-refractivity contribution in [3.8, 4) is 6.07 Å². The normalized spacial score (nSPS) is 22.6. The van der Waals surface area contributed by atoms with Gasteiger partial charge in [-0.2, -0.15) is 14.7 Å². The van der Waals surface area contributed by atoms with Gasteiger partial charge < -0.3 is 4.74 Å². The van der Waals surface area contributed by atoms with Gasteiger partial charge in [-0.3, -0.25) is 4.79 Å². The lowest BCUT2D eigenvalue weighted by Gasteiger charge is -2.27. The molecular formula is C12H13N4O3+. The van der Waals surface area contributed by atoms with E-state index in [4.69, 9.17) is 10.00 Å². The van der Waals surface area contributed by atoms with Gasteiger partial charge in [-0.05, 0) is 6.92 Å². The summed E-state index contributed by atoms with van der Waals surface area (Å²) in [5, 5.41) is 8.72. The number of amides is 3. The highest BCUT2D eigenvalue weighted by molar-refractivity contribution is 6.16. The van der Waals surface area contributed by atoms with Crippen molar-refractivity contribution >= 4 is 24.0 Å². The first-order valence-corrected chi connectivity index (χ1v) is 5.64. The molecule has 0 aromatic rings. The van der Waals surface area contributed by atoms with E-state index in [1.165, 1.54) is 18.7 Å². The maximum atomic E-state index is 12.3. The minimum atomic E-state index is -0.758. The van der Waals surface area contributed by atoms with E-state index in [1.54, 1.807) is 13.1 Å². The number of carbonyl (C=O) groups is 2. The highest BCUT2D eigenvalue weighted by Gasteiger charge is 2.50. The zero-order chi connectivity index (χ0) is 14.2. The predicted octanol–water partition coefficient (Wildman–Crippen LogP) is 0.134. The number of hydrogen-bond donors (Lipinski definition) is 0. The third kappa shape index (κ3) is 1.81. The number of amidine groups is 1. The largest absolute Gasteiger partial charge is 0.499 e. The molecule has 2 aliphatic heterocycles. The van der Waals surface area contributed by atoms with E-state index in [9.17, 15) is 9.59 Å². The number of fused-ring (bicyclic) bond motifs is 1. The zero-order valence-electron chi connectivity index (χ0n) is 10.9. The highest BCUT2D eigenvalue weighted by atomic mass is 16.5. The van der Waals surface area contributed by atoms with Gasteiger partial charge in [0, 0.05) is 5.57 Å². The molecule has 19 heavy (non-hydrogen) atoms. The first kappa shape index (κ1) is 13.0. The summed E-state index contributed by atoms with van der Waals surface area (Å²) < 4.78 is 6.52. The maximum Gasteiger partial charge on any atom is 0.446 e. The van der Waals surface area contributed by atoms with Crippen LogP contribution in [-0.4, -0.2) is 54.2 Å². The molecule has 0 saturated heterocycles. The van der Waals surface area contributed by atoms with Gasteiger partial charge in [-0.15, -0.1) is 4.99 Å². The molecule has 2 rings (SSSR count). The smallest absolute Gasteiger partial charge is 0.446 e. The highest BCUT2D eigenvalue weighted by Crippen LogP contribution is 2.27. The number of rotatable bonds is 2. The van der Waals surface area contributed by atoms with Crippen molar-refractivity contribution in [3.63, 3.8) is 0 Å². The summed E-state index contributed by atoms with van der Waals surface area (Å²) >= 11 is 0. The Morgan fingerprint density at radius 3 is 2.84 bits per heavy atom. The van der Waals surface area contributed by atoms with Crippen molar-refractivity contribution in [2.24, 2.45) is 10.9 Å². The Hall–Kier alpha value is -2.49. The second-order valence-electron chi connectivity index (χ2n) is 4.22. The molecule has 2 heterocycles. The predicted molar refractivity (Wildman–Crippen MR) is 65.6 cm³/mol. The molecule has 7 nitrogen and oxygen atoms in total. The number of nitriles is 1. The second kappa shape index (κ2) is 4.65. The molecule has 0 radical (unpaired) electrons. The van der Waals surface area contributed by atoms with E-state index in [2.05, 4.69) is 4.99 Å². The van der Waals surface area contributed by atoms with Gasteiger partial charge in [-0.1, -0.05) is 0 Å². The van der Waals surface area contributed by atoms with Crippen molar-refractivity contribution in [1.29, 1.82) is 5.26 Å². The van der Waals surface area contributed by atoms with Crippen LogP contribution in [0.1, 0.15) is 6.92 Å². The zero-order valence-corrected chi connectivity index (χ0v) is 10.9. The fraction of sp³-hybridized carbons (Fsp3) is 0.417. The molecule has 0 N–H and O–H groups in total.